The third-order valence-electron chi connectivity index (χ3n) is 5.40. The van der Waals surface area contributed by atoms with Gasteiger partial charge in [0, 0.05) is 25.9 Å². The topological polar surface area (TPSA) is 104 Å². The molecule has 2 aromatic heterocycles. The first-order valence-electron chi connectivity index (χ1n) is 11.2. The van der Waals surface area contributed by atoms with Gasteiger partial charge in [0.25, 0.3) is 5.91 Å². The molecular weight excluding hydrogens is 418 g/mol. The lowest BCUT2D eigenvalue weighted by Crippen LogP contribution is -2.26. The van der Waals surface area contributed by atoms with Crippen molar-refractivity contribution in [1.29, 1.82) is 0 Å². The standard InChI is InChI=1S/C25H29N5O3/c1-3-4-16-33-18-12-10-17(11-13-18)30-23(26)21(25(31)27-14-7-15-32-2)22-24(30)29-20-9-6-5-8-19(20)28-22/h5-6,8-13H,3-4,7,14-16,26H2,1-2H3,(H,27,31). The SMILES string of the molecule is CCCCOc1ccc(-n2c(N)c(C(=O)NCCCOC)c3nc4ccccc4nc32)cc1. The van der Waals surface area contributed by atoms with Crippen molar-refractivity contribution in [3.05, 3.63) is 54.1 Å². The Hall–Kier alpha value is -3.65. The summed E-state index contributed by atoms with van der Waals surface area (Å²) < 4.78 is 12.6. The Morgan fingerprint density at radius 3 is 2.45 bits per heavy atom. The Labute approximate surface area is 192 Å². The molecule has 4 rings (SSSR count). The number of amides is 1. The fourth-order valence-electron chi connectivity index (χ4n) is 3.68. The average Bonchev–Trinajstić information content (AvgIpc) is 3.11. The van der Waals surface area contributed by atoms with E-state index in [4.69, 9.17) is 25.2 Å². The molecular formula is C25H29N5O3. The maximum atomic E-state index is 13.1. The number of carbonyl (C=O) groups is 1. The van der Waals surface area contributed by atoms with Gasteiger partial charge < -0.3 is 20.5 Å². The van der Waals surface area contributed by atoms with E-state index < -0.39 is 0 Å². The fourth-order valence-corrected chi connectivity index (χ4v) is 3.68. The number of methoxy groups -OCH3 is 1. The number of rotatable bonds is 10. The van der Waals surface area contributed by atoms with E-state index in [2.05, 4.69) is 12.2 Å². The zero-order chi connectivity index (χ0) is 23.2. The molecule has 8 heteroatoms. The number of nitrogens with two attached hydrogens (primary N) is 1. The second-order valence-electron chi connectivity index (χ2n) is 7.78. The van der Waals surface area contributed by atoms with Gasteiger partial charge in [-0.3, -0.25) is 9.36 Å². The number of ether oxygens (including phenoxy) is 2. The minimum Gasteiger partial charge on any atom is -0.494 e. The molecule has 8 nitrogen and oxygen atoms in total. The normalized spacial score (nSPS) is 11.2. The van der Waals surface area contributed by atoms with Gasteiger partial charge in [-0.15, -0.1) is 0 Å². The summed E-state index contributed by atoms with van der Waals surface area (Å²) in [6.07, 6.45) is 2.78. The highest BCUT2D eigenvalue weighted by Crippen LogP contribution is 2.31. The third-order valence-corrected chi connectivity index (χ3v) is 5.40. The first-order chi connectivity index (χ1) is 16.1. The number of hydrogen-bond donors (Lipinski definition) is 2. The van der Waals surface area contributed by atoms with E-state index >= 15 is 0 Å². The molecule has 0 aliphatic heterocycles. The van der Waals surface area contributed by atoms with Gasteiger partial charge >= 0.3 is 0 Å². The van der Waals surface area contributed by atoms with Crippen molar-refractivity contribution in [2.45, 2.75) is 26.2 Å². The molecule has 0 aliphatic rings. The van der Waals surface area contributed by atoms with Gasteiger partial charge in [-0.2, -0.15) is 0 Å². The maximum absolute atomic E-state index is 13.1. The molecule has 2 aromatic carbocycles. The summed E-state index contributed by atoms with van der Waals surface area (Å²) in [7, 11) is 1.63. The van der Waals surface area contributed by atoms with Crippen LogP contribution in [-0.4, -0.2) is 47.3 Å². The van der Waals surface area contributed by atoms with E-state index in [0.29, 0.717) is 54.2 Å². The number of unbranched alkanes of at least 4 members (excludes halogenated alkanes) is 1. The van der Waals surface area contributed by atoms with Crippen molar-refractivity contribution < 1.29 is 14.3 Å². The Morgan fingerprint density at radius 1 is 1.03 bits per heavy atom. The van der Waals surface area contributed by atoms with Crippen molar-refractivity contribution in [2.24, 2.45) is 0 Å². The number of benzene rings is 2. The first kappa shape index (κ1) is 22.5. The molecule has 0 spiro atoms. The summed E-state index contributed by atoms with van der Waals surface area (Å²) in [6.45, 7) is 3.84. The van der Waals surface area contributed by atoms with Gasteiger partial charge in [-0.25, -0.2) is 9.97 Å². The van der Waals surface area contributed by atoms with Crippen molar-refractivity contribution in [3.63, 3.8) is 0 Å². The Morgan fingerprint density at radius 2 is 1.76 bits per heavy atom. The van der Waals surface area contributed by atoms with Crippen LogP contribution in [0.3, 0.4) is 0 Å². The molecule has 0 aliphatic carbocycles. The van der Waals surface area contributed by atoms with Crippen LogP contribution >= 0.6 is 0 Å². The summed E-state index contributed by atoms with van der Waals surface area (Å²) in [5.41, 5.74) is 10.1. The molecule has 0 atom stereocenters. The Kier molecular flexibility index (Phi) is 7.04. The Bertz CT molecular complexity index is 1250. The molecule has 0 saturated heterocycles. The highest BCUT2D eigenvalue weighted by Gasteiger charge is 2.24. The lowest BCUT2D eigenvalue weighted by atomic mass is 10.2. The largest absolute Gasteiger partial charge is 0.494 e. The van der Waals surface area contributed by atoms with Crippen LogP contribution < -0.4 is 15.8 Å². The zero-order valence-electron chi connectivity index (χ0n) is 19.0. The van der Waals surface area contributed by atoms with Gasteiger partial charge in [0.05, 0.1) is 17.6 Å². The molecule has 0 bridgehead atoms. The van der Waals surface area contributed by atoms with Crippen molar-refractivity contribution in [2.75, 3.05) is 32.6 Å². The predicted molar refractivity (Wildman–Crippen MR) is 130 cm³/mol. The van der Waals surface area contributed by atoms with Gasteiger partial charge in [-0.1, -0.05) is 25.5 Å². The van der Waals surface area contributed by atoms with Gasteiger partial charge in [-0.05, 0) is 49.2 Å². The van der Waals surface area contributed by atoms with Crippen LogP contribution in [0, 0.1) is 0 Å². The number of nitrogen functional groups attached to an aromatic ring is 1. The van der Waals surface area contributed by atoms with E-state index in [1.54, 1.807) is 11.7 Å². The number of nitrogens with one attached hydrogen (secondary N) is 1. The van der Waals surface area contributed by atoms with Crippen LogP contribution in [0.4, 0.5) is 5.82 Å². The van der Waals surface area contributed by atoms with E-state index in [-0.39, 0.29) is 5.91 Å². The van der Waals surface area contributed by atoms with Gasteiger partial charge in [0.2, 0.25) is 0 Å². The number of aromatic nitrogens is 3. The maximum Gasteiger partial charge on any atom is 0.257 e. The third kappa shape index (κ3) is 4.75. The number of para-hydroxylation sites is 2. The molecule has 0 saturated carbocycles. The van der Waals surface area contributed by atoms with Crippen molar-refractivity contribution in [3.8, 4) is 11.4 Å². The fraction of sp³-hybridized carbons (Fsp3) is 0.320. The van der Waals surface area contributed by atoms with E-state index in [1.165, 1.54) is 0 Å². The minimum atomic E-state index is -0.281. The highest BCUT2D eigenvalue weighted by molar-refractivity contribution is 6.11. The van der Waals surface area contributed by atoms with E-state index in [1.807, 2.05) is 48.5 Å². The first-order valence-corrected chi connectivity index (χ1v) is 11.2. The number of nitrogens with zero attached hydrogens (tertiary/aromatic N) is 3. The number of carbonyl (C=O) groups excluding carboxylic acids is 1. The lowest BCUT2D eigenvalue weighted by Gasteiger charge is -2.10. The second kappa shape index (κ2) is 10.3. The number of fused-ring (bicyclic) bond motifs is 2. The highest BCUT2D eigenvalue weighted by atomic mass is 16.5. The van der Waals surface area contributed by atoms with Gasteiger partial charge in [0.15, 0.2) is 5.65 Å². The summed E-state index contributed by atoms with van der Waals surface area (Å²) in [5.74, 6) is 0.801. The monoisotopic (exact) mass is 447 g/mol. The molecule has 0 radical (unpaired) electrons. The predicted octanol–water partition coefficient (Wildman–Crippen LogP) is 4.10. The summed E-state index contributed by atoms with van der Waals surface area (Å²) in [5, 5.41) is 2.92. The molecule has 3 N–H and O–H groups in total. The smallest absolute Gasteiger partial charge is 0.257 e. The minimum absolute atomic E-state index is 0.281. The molecule has 1 amide bonds. The van der Waals surface area contributed by atoms with Gasteiger partial charge in [0.1, 0.15) is 22.6 Å². The molecule has 2 heterocycles. The number of hydrogen-bond acceptors (Lipinski definition) is 6. The summed E-state index contributed by atoms with van der Waals surface area (Å²) in [6, 6.07) is 15.2. The molecule has 0 unspecified atom stereocenters. The van der Waals surface area contributed by atoms with Crippen LogP contribution in [0.2, 0.25) is 0 Å². The Balaban J connectivity index is 1.77. The number of anilines is 1. The van der Waals surface area contributed by atoms with Crippen LogP contribution in [-0.2, 0) is 4.74 Å². The van der Waals surface area contributed by atoms with Crippen LogP contribution in [0.15, 0.2) is 48.5 Å². The molecule has 172 valence electrons. The average molecular weight is 448 g/mol. The summed E-state index contributed by atoms with van der Waals surface area (Å²) >= 11 is 0. The zero-order valence-corrected chi connectivity index (χ0v) is 19.0. The van der Waals surface area contributed by atoms with Crippen LogP contribution in [0.25, 0.3) is 27.9 Å². The van der Waals surface area contributed by atoms with Crippen LogP contribution in [0.5, 0.6) is 5.75 Å². The van der Waals surface area contributed by atoms with Crippen molar-refractivity contribution in [1.82, 2.24) is 19.9 Å². The quantitative estimate of drug-likeness (QED) is 0.355. The molecule has 0 fully saturated rings. The summed E-state index contributed by atoms with van der Waals surface area (Å²) in [4.78, 5) is 22.6. The second-order valence-corrected chi connectivity index (χ2v) is 7.78. The van der Waals surface area contributed by atoms with E-state index in [0.717, 1.165) is 29.8 Å². The van der Waals surface area contributed by atoms with E-state index in [9.17, 15) is 4.79 Å². The lowest BCUT2D eigenvalue weighted by molar-refractivity contribution is 0.0951. The molecule has 33 heavy (non-hydrogen) atoms. The van der Waals surface area contributed by atoms with Crippen LogP contribution in [0.1, 0.15) is 36.5 Å². The molecule has 4 aromatic rings. The van der Waals surface area contributed by atoms with Crippen molar-refractivity contribution >= 4 is 33.9 Å².